The Bertz CT molecular complexity index is 708. The molecule has 2 aromatic heterocycles. The van der Waals surface area contributed by atoms with Gasteiger partial charge in [0, 0.05) is 22.4 Å². The lowest BCUT2D eigenvalue weighted by Gasteiger charge is -2.08. The Hall–Kier alpha value is -0.710. The van der Waals surface area contributed by atoms with E-state index in [0.29, 0.717) is 4.83 Å². The fraction of sp³-hybridized carbons (Fsp3) is 0.133. The van der Waals surface area contributed by atoms with E-state index in [2.05, 4.69) is 68.3 Å². The second-order valence-corrected chi connectivity index (χ2v) is 7.91. The van der Waals surface area contributed by atoms with Crippen molar-refractivity contribution in [3.05, 3.63) is 62.9 Å². The van der Waals surface area contributed by atoms with Crippen LogP contribution in [0.5, 0.6) is 0 Å². The number of rotatable bonds is 3. The summed E-state index contributed by atoms with van der Waals surface area (Å²) in [7, 11) is 0. The van der Waals surface area contributed by atoms with Gasteiger partial charge in [0.15, 0.2) is 0 Å². The van der Waals surface area contributed by atoms with Crippen LogP contribution in [0.25, 0.3) is 10.9 Å². The molecule has 0 spiro atoms. The van der Waals surface area contributed by atoms with Gasteiger partial charge in [0.2, 0.25) is 0 Å². The van der Waals surface area contributed by atoms with Gasteiger partial charge in [-0.15, -0.1) is 11.3 Å². The van der Waals surface area contributed by atoms with Crippen molar-refractivity contribution in [1.82, 2.24) is 4.98 Å². The monoisotopic (exact) mass is 395 g/mol. The zero-order chi connectivity index (χ0) is 13.2. The highest BCUT2D eigenvalue weighted by Gasteiger charge is 2.12. The van der Waals surface area contributed by atoms with Crippen LogP contribution in [0.3, 0.4) is 0 Å². The number of benzene rings is 1. The Morgan fingerprint density at radius 2 is 1.89 bits per heavy atom. The molecule has 96 valence electrons. The second kappa shape index (κ2) is 5.73. The first-order valence-electron chi connectivity index (χ1n) is 5.96. The first-order chi connectivity index (χ1) is 9.22. The lowest BCUT2D eigenvalue weighted by molar-refractivity contribution is 0.929. The minimum absolute atomic E-state index is 0.317. The van der Waals surface area contributed by atoms with Gasteiger partial charge >= 0.3 is 0 Å². The summed E-state index contributed by atoms with van der Waals surface area (Å²) in [5.41, 5.74) is 2.18. The molecule has 19 heavy (non-hydrogen) atoms. The van der Waals surface area contributed by atoms with E-state index in [4.69, 9.17) is 4.98 Å². The maximum absolute atomic E-state index is 4.71. The largest absolute Gasteiger partial charge is 0.253 e. The Morgan fingerprint density at radius 1 is 1.05 bits per heavy atom. The molecule has 0 amide bonds. The SMILES string of the molecule is Brc1ccc(C(Br)Cc2ccc3ccccc3n2)s1. The molecule has 0 fully saturated rings. The van der Waals surface area contributed by atoms with Gasteiger partial charge in [-0.1, -0.05) is 40.2 Å². The van der Waals surface area contributed by atoms with E-state index in [1.54, 1.807) is 11.3 Å². The lowest BCUT2D eigenvalue weighted by Crippen LogP contribution is -1.96. The van der Waals surface area contributed by atoms with Crippen molar-refractivity contribution in [3.63, 3.8) is 0 Å². The molecule has 4 heteroatoms. The molecule has 0 saturated heterocycles. The third kappa shape index (κ3) is 3.07. The maximum atomic E-state index is 4.71. The Balaban J connectivity index is 1.84. The Labute approximate surface area is 132 Å². The van der Waals surface area contributed by atoms with Crippen LogP contribution in [0.15, 0.2) is 52.3 Å². The molecule has 1 unspecified atom stereocenters. The van der Waals surface area contributed by atoms with Gasteiger partial charge in [-0.3, -0.25) is 4.98 Å². The van der Waals surface area contributed by atoms with Crippen molar-refractivity contribution < 1.29 is 0 Å². The van der Waals surface area contributed by atoms with Crippen molar-refractivity contribution in [2.45, 2.75) is 11.2 Å². The molecular formula is C15H11Br2NS. The van der Waals surface area contributed by atoms with Gasteiger partial charge in [-0.05, 0) is 40.2 Å². The van der Waals surface area contributed by atoms with Crippen LogP contribution in [0.4, 0.5) is 0 Å². The third-order valence-electron chi connectivity index (χ3n) is 2.95. The standard InChI is InChI=1S/C15H11Br2NS/c16-12(14-7-8-15(17)19-14)9-11-6-5-10-3-1-2-4-13(10)18-11/h1-8,12H,9H2. The summed E-state index contributed by atoms with van der Waals surface area (Å²) < 4.78 is 1.17. The summed E-state index contributed by atoms with van der Waals surface area (Å²) in [4.78, 5) is 6.35. The van der Waals surface area contributed by atoms with E-state index in [1.807, 2.05) is 12.1 Å². The number of aromatic nitrogens is 1. The van der Waals surface area contributed by atoms with Crippen LogP contribution in [-0.2, 0) is 6.42 Å². The van der Waals surface area contributed by atoms with E-state index in [9.17, 15) is 0 Å². The molecule has 0 saturated carbocycles. The molecule has 0 N–H and O–H groups in total. The highest BCUT2D eigenvalue weighted by molar-refractivity contribution is 9.11. The quantitative estimate of drug-likeness (QED) is 0.514. The number of alkyl halides is 1. The molecule has 1 nitrogen and oxygen atoms in total. The summed E-state index contributed by atoms with van der Waals surface area (Å²) in [6.07, 6.45) is 0.901. The number of halogens is 2. The number of pyridine rings is 1. The van der Waals surface area contributed by atoms with Crippen molar-refractivity contribution in [1.29, 1.82) is 0 Å². The highest BCUT2D eigenvalue weighted by atomic mass is 79.9. The highest BCUT2D eigenvalue weighted by Crippen LogP contribution is 2.34. The minimum atomic E-state index is 0.317. The van der Waals surface area contributed by atoms with Gasteiger partial charge in [-0.25, -0.2) is 0 Å². The normalized spacial score (nSPS) is 12.7. The molecule has 1 aromatic carbocycles. The number of fused-ring (bicyclic) bond motifs is 1. The van der Waals surface area contributed by atoms with Gasteiger partial charge in [-0.2, -0.15) is 0 Å². The molecule has 0 radical (unpaired) electrons. The maximum Gasteiger partial charge on any atom is 0.0705 e. The average molecular weight is 397 g/mol. The number of hydrogen-bond acceptors (Lipinski definition) is 2. The number of hydrogen-bond donors (Lipinski definition) is 0. The summed E-state index contributed by atoms with van der Waals surface area (Å²) in [6, 6.07) is 16.7. The fourth-order valence-electron chi connectivity index (χ4n) is 2.00. The molecule has 0 bridgehead atoms. The van der Waals surface area contributed by atoms with E-state index >= 15 is 0 Å². The minimum Gasteiger partial charge on any atom is -0.253 e. The molecule has 2 heterocycles. The third-order valence-corrected chi connectivity index (χ3v) is 5.80. The summed E-state index contributed by atoms with van der Waals surface area (Å²) in [5.74, 6) is 0. The molecule has 0 aliphatic carbocycles. The van der Waals surface area contributed by atoms with Crippen molar-refractivity contribution in [2.75, 3.05) is 0 Å². The van der Waals surface area contributed by atoms with Crippen molar-refractivity contribution in [2.24, 2.45) is 0 Å². The van der Waals surface area contributed by atoms with Crippen LogP contribution in [0, 0.1) is 0 Å². The summed E-state index contributed by atoms with van der Waals surface area (Å²) in [5, 5.41) is 1.19. The van der Waals surface area contributed by atoms with Gasteiger partial charge in [0.25, 0.3) is 0 Å². The van der Waals surface area contributed by atoms with E-state index < -0.39 is 0 Å². The molecular weight excluding hydrogens is 386 g/mol. The smallest absolute Gasteiger partial charge is 0.0705 e. The zero-order valence-corrected chi connectivity index (χ0v) is 14.0. The lowest BCUT2D eigenvalue weighted by atomic mass is 10.1. The molecule has 0 aliphatic heterocycles. The Morgan fingerprint density at radius 3 is 2.68 bits per heavy atom. The summed E-state index contributed by atoms with van der Waals surface area (Å²) in [6.45, 7) is 0. The van der Waals surface area contributed by atoms with Gasteiger partial charge < -0.3 is 0 Å². The number of para-hydroxylation sites is 1. The second-order valence-electron chi connectivity index (χ2n) is 4.31. The van der Waals surface area contributed by atoms with Crippen LogP contribution in [-0.4, -0.2) is 4.98 Å². The van der Waals surface area contributed by atoms with Crippen LogP contribution in [0.1, 0.15) is 15.4 Å². The van der Waals surface area contributed by atoms with E-state index in [1.165, 1.54) is 14.0 Å². The molecule has 1 atom stereocenters. The summed E-state index contributed by atoms with van der Waals surface area (Å²) >= 11 is 9.01. The van der Waals surface area contributed by atoms with E-state index in [-0.39, 0.29) is 0 Å². The fourth-order valence-corrected chi connectivity index (χ4v) is 4.17. The zero-order valence-electron chi connectivity index (χ0n) is 10.0. The topological polar surface area (TPSA) is 12.9 Å². The molecule has 0 aliphatic rings. The van der Waals surface area contributed by atoms with Crippen LogP contribution < -0.4 is 0 Å². The predicted octanol–water partition coefficient (Wildman–Crippen LogP) is 5.74. The van der Waals surface area contributed by atoms with Crippen LogP contribution >= 0.6 is 43.2 Å². The Kier molecular flexibility index (Phi) is 4.01. The molecule has 3 rings (SSSR count). The predicted molar refractivity (Wildman–Crippen MR) is 89.1 cm³/mol. The first-order valence-corrected chi connectivity index (χ1v) is 8.49. The number of thiophene rings is 1. The van der Waals surface area contributed by atoms with Crippen molar-refractivity contribution >= 4 is 54.1 Å². The van der Waals surface area contributed by atoms with E-state index in [0.717, 1.165) is 17.6 Å². The van der Waals surface area contributed by atoms with Crippen LogP contribution in [0.2, 0.25) is 0 Å². The van der Waals surface area contributed by atoms with Gasteiger partial charge in [0.05, 0.1) is 14.1 Å². The van der Waals surface area contributed by atoms with Gasteiger partial charge in [0.1, 0.15) is 0 Å². The number of nitrogens with zero attached hydrogens (tertiary/aromatic N) is 1. The van der Waals surface area contributed by atoms with Crippen molar-refractivity contribution in [3.8, 4) is 0 Å². The first kappa shape index (κ1) is 13.3. The average Bonchev–Trinajstić information content (AvgIpc) is 2.85. The molecule has 3 aromatic rings.